The topological polar surface area (TPSA) is 190 Å². The summed E-state index contributed by atoms with van der Waals surface area (Å²) in [6, 6.07) is 5.77. The van der Waals surface area contributed by atoms with Gasteiger partial charge in [-0.1, -0.05) is 0 Å². The van der Waals surface area contributed by atoms with Gasteiger partial charge in [-0.3, -0.25) is 19.1 Å². The van der Waals surface area contributed by atoms with Crippen molar-refractivity contribution in [3.05, 3.63) is 69.8 Å². The number of azo groups is 1. The summed E-state index contributed by atoms with van der Waals surface area (Å²) in [4.78, 5) is 37.2. The molecule has 13 heteroatoms. The van der Waals surface area contributed by atoms with Crippen LogP contribution in [0.3, 0.4) is 0 Å². The third kappa shape index (κ3) is 4.83. The van der Waals surface area contributed by atoms with Crippen LogP contribution < -0.4 is 10.1 Å². The van der Waals surface area contributed by atoms with E-state index in [4.69, 9.17) is 4.55 Å². The molecule has 0 amide bonds. The number of aromatic amines is 1. The molecule has 170 valence electrons. The third-order valence-electron chi connectivity index (χ3n) is 4.60. The predicted octanol–water partition coefficient (Wildman–Crippen LogP) is 2.23. The molecule has 0 spiro atoms. The minimum atomic E-state index is -4.65. The van der Waals surface area contributed by atoms with E-state index in [2.05, 4.69) is 15.2 Å². The molecular weight excluding hydrogens is 456 g/mol. The van der Waals surface area contributed by atoms with Crippen LogP contribution in [0.25, 0.3) is 5.69 Å². The molecule has 3 aromatic rings. The second-order valence-corrected chi connectivity index (χ2v) is 8.26. The minimum Gasteiger partial charge on any atom is -0.493 e. The first-order chi connectivity index (χ1) is 15.4. The Morgan fingerprint density at radius 3 is 2.45 bits per heavy atom. The monoisotopic (exact) mass is 473 g/mol. The molecule has 2 aromatic heterocycles. The summed E-state index contributed by atoms with van der Waals surface area (Å²) in [5.41, 5.74) is -1.19. The Morgan fingerprint density at radius 1 is 1.15 bits per heavy atom. The number of rotatable bonds is 6. The first-order valence-corrected chi connectivity index (χ1v) is 10.6. The summed E-state index contributed by atoms with van der Waals surface area (Å²) >= 11 is 0. The van der Waals surface area contributed by atoms with Crippen LogP contribution in [0.5, 0.6) is 5.88 Å². The van der Waals surface area contributed by atoms with Crippen LogP contribution in [0, 0.1) is 6.92 Å². The number of carboxylic acids is 1. The van der Waals surface area contributed by atoms with Crippen molar-refractivity contribution in [3.63, 3.8) is 0 Å². The lowest BCUT2D eigenvalue weighted by Crippen LogP contribution is -2.38. The third-order valence-corrected chi connectivity index (χ3v) is 5.45. The van der Waals surface area contributed by atoms with Gasteiger partial charge in [0.25, 0.3) is 15.8 Å². The van der Waals surface area contributed by atoms with Crippen molar-refractivity contribution in [1.82, 2.24) is 4.98 Å². The summed E-state index contributed by atoms with van der Waals surface area (Å²) in [6.45, 7) is 2.83. The largest absolute Gasteiger partial charge is 0.493 e. The number of aromatic hydroxyl groups is 1. The number of nitrogens with one attached hydrogen (secondary N) is 1. The van der Waals surface area contributed by atoms with Crippen LogP contribution in [-0.2, 0) is 10.1 Å². The lowest BCUT2D eigenvalue weighted by atomic mass is 10.1. The van der Waals surface area contributed by atoms with Gasteiger partial charge in [-0.25, -0.2) is 4.79 Å². The number of nitrogens with zero attached hydrogens (tertiary/aromatic N) is 3. The molecule has 0 bridgehead atoms. The second-order valence-electron chi connectivity index (χ2n) is 6.84. The van der Waals surface area contributed by atoms with E-state index in [1.54, 1.807) is 12.1 Å². The Hall–Kier alpha value is -4.23. The first kappa shape index (κ1) is 23.4. The number of aromatic nitrogens is 2. The summed E-state index contributed by atoms with van der Waals surface area (Å²) in [6.07, 6.45) is 2.94. The fraction of sp³-hybridized carbons (Fsp3) is 0.100. The predicted molar refractivity (Wildman–Crippen MR) is 112 cm³/mol. The number of benzene rings is 1. The molecule has 0 aliphatic rings. The Labute approximate surface area is 186 Å². The standard InChI is InChI=1S/C20H16N4O8S/c1-10-16(23-22-15-6-5-13(33(30,31)32)8-14(15)20(28)29)18(26)21-19(27)17(10)24-7-3-4-12(9-24)11(2)25/h3-9H,1-2H3,(H3-,21,22,26,27,28,29,30,31,32)/p+1. The van der Waals surface area contributed by atoms with E-state index in [9.17, 15) is 33.0 Å². The lowest BCUT2D eigenvalue weighted by Gasteiger charge is -2.06. The smallest absolute Gasteiger partial charge is 0.338 e. The van der Waals surface area contributed by atoms with Crippen molar-refractivity contribution in [2.24, 2.45) is 10.2 Å². The highest BCUT2D eigenvalue weighted by Crippen LogP contribution is 2.32. The van der Waals surface area contributed by atoms with E-state index >= 15 is 0 Å². The average Bonchev–Trinajstić information content (AvgIpc) is 2.72. The van der Waals surface area contributed by atoms with E-state index in [1.807, 2.05) is 0 Å². The van der Waals surface area contributed by atoms with Crippen LogP contribution in [0.2, 0.25) is 0 Å². The fourth-order valence-corrected chi connectivity index (χ4v) is 3.49. The number of aromatic carboxylic acids is 1. The molecule has 2 heterocycles. The van der Waals surface area contributed by atoms with E-state index in [1.165, 1.54) is 30.8 Å². The van der Waals surface area contributed by atoms with Gasteiger partial charge in [0, 0.05) is 6.07 Å². The van der Waals surface area contributed by atoms with Crippen LogP contribution in [0.15, 0.2) is 62.6 Å². The highest BCUT2D eigenvalue weighted by atomic mass is 32.2. The molecule has 0 saturated heterocycles. The Balaban J connectivity index is 2.15. The van der Waals surface area contributed by atoms with Crippen molar-refractivity contribution in [2.75, 3.05) is 0 Å². The normalized spacial score (nSPS) is 11.6. The number of pyridine rings is 2. The van der Waals surface area contributed by atoms with Gasteiger partial charge in [-0.15, -0.1) is 10.2 Å². The van der Waals surface area contributed by atoms with Crippen LogP contribution >= 0.6 is 0 Å². The zero-order valence-corrected chi connectivity index (χ0v) is 18.0. The summed E-state index contributed by atoms with van der Waals surface area (Å²) in [5, 5.41) is 27.2. The molecule has 0 saturated carbocycles. The van der Waals surface area contributed by atoms with E-state index < -0.39 is 38.0 Å². The lowest BCUT2D eigenvalue weighted by molar-refractivity contribution is -0.597. The fourth-order valence-electron chi connectivity index (χ4n) is 2.98. The van der Waals surface area contributed by atoms with Gasteiger partial charge < -0.3 is 10.2 Å². The van der Waals surface area contributed by atoms with Crippen molar-refractivity contribution >= 4 is 33.2 Å². The molecule has 0 aliphatic carbocycles. The maximum Gasteiger partial charge on any atom is 0.338 e. The Bertz CT molecular complexity index is 1490. The molecule has 12 nitrogen and oxygen atoms in total. The number of H-pyrrole nitrogens is 1. The van der Waals surface area contributed by atoms with Crippen molar-refractivity contribution in [1.29, 1.82) is 0 Å². The number of carbonyl (C=O) groups is 2. The number of carboxylic acid groups (broad SMARTS) is 1. The summed E-state index contributed by atoms with van der Waals surface area (Å²) in [7, 11) is -4.65. The van der Waals surface area contributed by atoms with Crippen LogP contribution in [0.1, 0.15) is 33.2 Å². The van der Waals surface area contributed by atoms with E-state index in [-0.39, 0.29) is 28.4 Å². The Kier molecular flexibility index (Phi) is 6.19. The van der Waals surface area contributed by atoms with Crippen molar-refractivity contribution in [3.8, 4) is 11.6 Å². The summed E-state index contributed by atoms with van der Waals surface area (Å²) in [5.74, 6) is -2.40. The van der Waals surface area contributed by atoms with Crippen molar-refractivity contribution in [2.45, 2.75) is 18.7 Å². The molecule has 0 unspecified atom stereocenters. The molecule has 0 fully saturated rings. The quantitative estimate of drug-likeness (QED) is 0.181. The van der Waals surface area contributed by atoms with E-state index in [0.717, 1.165) is 12.1 Å². The Morgan fingerprint density at radius 2 is 1.85 bits per heavy atom. The average molecular weight is 473 g/mol. The molecular formula is C20H17N4O8S+. The molecule has 0 radical (unpaired) electrons. The molecule has 33 heavy (non-hydrogen) atoms. The maximum atomic E-state index is 12.5. The molecule has 1 aromatic carbocycles. The number of hydrogen-bond donors (Lipinski definition) is 4. The SMILES string of the molecule is CC(=O)c1ccc[n+](-c2c(C)c(N=Nc3ccc(S(=O)(=O)O)cc3C(=O)O)c(O)[nH]c2=O)c1. The van der Waals surface area contributed by atoms with Gasteiger partial charge in [0.2, 0.25) is 5.88 Å². The van der Waals surface area contributed by atoms with Gasteiger partial charge in [-0.05, 0) is 38.1 Å². The molecule has 3 rings (SSSR count). The number of ketones is 1. The minimum absolute atomic E-state index is 0.0324. The maximum absolute atomic E-state index is 12.5. The number of carbonyl (C=O) groups excluding carboxylic acids is 1. The van der Waals surface area contributed by atoms with Gasteiger partial charge in [0.05, 0.1) is 21.6 Å². The van der Waals surface area contributed by atoms with Gasteiger partial charge in [0.15, 0.2) is 23.9 Å². The van der Waals surface area contributed by atoms with Crippen LogP contribution in [-0.4, -0.2) is 39.9 Å². The van der Waals surface area contributed by atoms with Crippen LogP contribution in [0.4, 0.5) is 11.4 Å². The molecule has 0 atom stereocenters. The van der Waals surface area contributed by atoms with Gasteiger partial charge in [0.1, 0.15) is 5.69 Å². The molecule has 0 aliphatic heterocycles. The zero-order chi connectivity index (χ0) is 24.5. The number of hydrogen-bond acceptors (Lipinski definition) is 8. The second kappa shape index (κ2) is 8.72. The first-order valence-electron chi connectivity index (χ1n) is 9.15. The highest BCUT2D eigenvalue weighted by molar-refractivity contribution is 7.85. The van der Waals surface area contributed by atoms with Gasteiger partial charge in [-0.2, -0.15) is 13.0 Å². The number of Topliss-reactive ketones (excluding diaryl/α,β-unsaturated/α-hetero) is 1. The summed E-state index contributed by atoms with van der Waals surface area (Å²) < 4.78 is 33.0. The van der Waals surface area contributed by atoms with Gasteiger partial charge >= 0.3 is 11.5 Å². The van der Waals surface area contributed by atoms with Crippen molar-refractivity contribution < 1.29 is 37.3 Å². The highest BCUT2D eigenvalue weighted by Gasteiger charge is 2.23. The zero-order valence-electron chi connectivity index (χ0n) is 17.2. The van der Waals surface area contributed by atoms with E-state index in [0.29, 0.717) is 11.6 Å². The molecule has 4 N–H and O–H groups in total.